The van der Waals surface area contributed by atoms with Gasteiger partial charge in [0.15, 0.2) is 0 Å². The maximum atomic E-state index is 12.6. The molecule has 0 saturated heterocycles. The monoisotopic (exact) mass is 341 g/mol. The van der Waals surface area contributed by atoms with Gasteiger partial charge in [-0.25, -0.2) is 0 Å². The van der Waals surface area contributed by atoms with Crippen LogP contribution < -0.4 is 4.90 Å². The van der Waals surface area contributed by atoms with Crippen molar-refractivity contribution in [3.8, 4) is 0 Å². The van der Waals surface area contributed by atoms with Gasteiger partial charge in [0.2, 0.25) is 0 Å². The predicted octanol–water partition coefficient (Wildman–Crippen LogP) is 4.78. The minimum absolute atomic E-state index is 0.0560. The van der Waals surface area contributed by atoms with Crippen molar-refractivity contribution < 1.29 is 4.79 Å². The van der Waals surface area contributed by atoms with Gasteiger partial charge in [-0.3, -0.25) is 9.78 Å². The molecule has 0 bridgehead atoms. The van der Waals surface area contributed by atoms with Gasteiger partial charge in [0.1, 0.15) is 0 Å². The summed E-state index contributed by atoms with van der Waals surface area (Å²) < 4.78 is 0. The summed E-state index contributed by atoms with van der Waals surface area (Å²) >= 11 is 0. The number of fused-ring (bicyclic) bond motifs is 3. The molecule has 0 radical (unpaired) electrons. The molecule has 0 unspecified atom stereocenters. The van der Waals surface area contributed by atoms with Crippen LogP contribution in [-0.2, 0) is 4.79 Å². The molecular weight excluding hydrogens is 322 g/mol. The van der Waals surface area contributed by atoms with Crippen molar-refractivity contribution in [3.05, 3.63) is 78.6 Å². The molecule has 0 atom stereocenters. The van der Waals surface area contributed by atoms with Gasteiger partial charge >= 0.3 is 0 Å². The van der Waals surface area contributed by atoms with Crippen molar-refractivity contribution in [2.75, 3.05) is 11.4 Å². The second-order valence-corrected chi connectivity index (χ2v) is 6.08. The molecule has 2 heterocycles. The van der Waals surface area contributed by atoms with E-state index in [0.717, 1.165) is 33.2 Å². The zero-order chi connectivity index (χ0) is 17.9. The molecule has 128 valence electrons. The molecule has 4 heteroatoms. The van der Waals surface area contributed by atoms with Crippen LogP contribution in [0.25, 0.3) is 27.9 Å². The van der Waals surface area contributed by atoms with Crippen LogP contribution in [0, 0.1) is 0 Å². The number of carbonyl (C=O) groups is 1. The van der Waals surface area contributed by atoms with Crippen molar-refractivity contribution >= 4 is 39.5 Å². The van der Waals surface area contributed by atoms with E-state index < -0.39 is 0 Å². The molecule has 4 aromatic rings. The van der Waals surface area contributed by atoms with Crippen LogP contribution in [0.1, 0.15) is 12.6 Å². The van der Waals surface area contributed by atoms with Gasteiger partial charge in [-0.2, -0.15) is 0 Å². The maximum absolute atomic E-state index is 12.6. The zero-order valence-electron chi connectivity index (χ0n) is 14.5. The van der Waals surface area contributed by atoms with Gasteiger partial charge in [0.05, 0.1) is 17.4 Å². The fourth-order valence-corrected chi connectivity index (χ4v) is 3.18. The van der Waals surface area contributed by atoms with Gasteiger partial charge in [-0.1, -0.05) is 36.4 Å². The highest BCUT2D eigenvalue weighted by atomic mass is 16.2. The van der Waals surface area contributed by atoms with E-state index in [1.807, 2.05) is 67.7 Å². The Labute approximate surface area is 151 Å². The van der Waals surface area contributed by atoms with E-state index in [4.69, 9.17) is 0 Å². The lowest BCUT2D eigenvalue weighted by Gasteiger charge is -2.19. The number of nitrogens with zero attached hydrogens (tertiary/aromatic N) is 2. The number of hydrogen-bond donors (Lipinski definition) is 1. The molecule has 1 N–H and O–H groups in total. The normalized spacial score (nSPS) is 11.4. The largest absolute Gasteiger partial charge is 0.353 e. The molecule has 2 aromatic heterocycles. The number of H-pyrrole nitrogens is 1. The van der Waals surface area contributed by atoms with Gasteiger partial charge in [0.25, 0.3) is 5.91 Å². The van der Waals surface area contributed by atoms with Crippen LogP contribution in [0.2, 0.25) is 0 Å². The molecule has 0 spiro atoms. The number of likely N-dealkylation sites (N-methyl/N-ethyl adjacent to an activating group) is 1. The number of aromatic amines is 1. The SMILES string of the molecule is CCN(C(=O)/C=C/c1cc2c(cn1)[nH]c1ccccc12)c1ccccc1. The number of carbonyl (C=O) groups excluding carboxylic acids is 1. The van der Waals surface area contributed by atoms with Crippen LogP contribution in [0.4, 0.5) is 5.69 Å². The van der Waals surface area contributed by atoms with Crippen LogP contribution in [0.3, 0.4) is 0 Å². The van der Waals surface area contributed by atoms with Crippen molar-refractivity contribution in [3.63, 3.8) is 0 Å². The van der Waals surface area contributed by atoms with Crippen LogP contribution in [-0.4, -0.2) is 22.4 Å². The minimum atomic E-state index is -0.0560. The number of para-hydroxylation sites is 2. The Morgan fingerprint density at radius 2 is 1.81 bits per heavy atom. The molecule has 26 heavy (non-hydrogen) atoms. The second-order valence-electron chi connectivity index (χ2n) is 6.08. The molecule has 0 saturated carbocycles. The summed E-state index contributed by atoms with van der Waals surface area (Å²) in [6.45, 7) is 2.58. The lowest BCUT2D eigenvalue weighted by atomic mass is 10.1. The summed E-state index contributed by atoms with van der Waals surface area (Å²) in [7, 11) is 0. The van der Waals surface area contributed by atoms with E-state index in [2.05, 4.69) is 16.0 Å². The minimum Gasteiger partial charge on any atom is -0.353 e. The second kappa shape index (κ2) is 6.84. The highest BCUT2D eigenvalue weighted by Gasteiger charge is 2.10. The van der Waals surface area contributed by atoms with Gasteiger partial charge in [-0.15, -0.1) is 0 Å². The van der Waals surface area contributed by atoms with Crippen molar-refractivity contribution in [1.29, 1.82) is 0 Å². The Balaban J connectivity index is 1.63. The molecule has 0 aliphatic carbocycles. The number of benzene rings is 2. The fraction of sp³-hybridized carbons (Fsp3) is 0.0909. The zero-order valence-corrected chi connectivity index (χ0v) is 14.5. The number of anilines is 1. The third-order valence-electron chi connectivity index (χ3n) is 4.46. The van der Waals surface area contributed by atoms with E-state index in [1.165, 1.54) is 0 Å². The quantitative estimate of drug-likeness (QED) is 0.543. The Morgan fingerprint density at radius 3 is 2.62 bits per heavy atom. The first-order valence-electron chi connectivity index (χ1n) is 8.67. The number of aromatic nitrogens is 2. The van der Waals surface area contributed by atoms with Gasteiger partial charge in [0, 0.05) is 34.6 Å². The first-order valence-corrected chi connectivity index (χ1v) is 8.67. The smallest absolute Gasteiger partial charge is 0.251 e. The average Bonchev–Trinajstić information content (AvgIpc) is 3.06. The average molecular weight is 341 g/mol. The Hall–Kier alpha value is -3.40. The molecule has 4 rings (SSSR count). The lowest BCUT2D eigenvalue weighted by molar-refractivity contribution is -0.114. The Morgan fingerprint density at radius 1 is 1.04 bits per heavy atom. The van der Waals surface area contributed by atoms with Crippen LogP contribution >= 0.6 is 0 Å². The van der Waals surface area contributed by atoms with Crippen molar-refractivity contribution in [2.45, 2.75) is 6.92 Å². The van der Waals surface area contributed by atoms with Crippen molar-refractivity contribution in [1.82, 2.24) is 9.97 Å². The summed E-state index contributed by atoms with van der Waals surface area (Å²) in [5.41, 5.74) is 3.74. The standard InChI is InChI=1S/C22H19N3O/c1-2-25(17-8-4-3-5-9-17)22(26)13-12-16-14-19-18-10-6-7-11-20(18)24-21(19)15-23-16/h3-15,24H,2H2,1H3/b13-12+. The molecule has 0 aliphatic heterocycles. The number of nitrogens with one attached hydrogen (secondary N) is 1. The van der Waals surface area contributed by atoms with Crippen LogP contribution in [0.5, 0.6) is 0 Å². The highest BCUT2D eigenvalue weighted by Crippen LogP contribution is 2.25. The molecule has 0 aliphatic rings. The predicted molar refractivity (Wildman–Crippen MR) is 107 cm³/mol. The number of pyridine rings is 1. The van der Waals surface area contributed by atoms with E-state index >= 15 is 0 Å². The Bertz CT molecular complexity index is 1100. The Kier molecular flexibility index (Phi) is 4.23. The molecule has 1 amide bonds. The topological polar surface area (TPSA) is 49.0 Å². The van der Waals surface area contributed by atoms with Gasteiger partial charge in [-0.05, 0) is 37.3 Å². The summed E-state index contributed by atoms with van der Waals surface area (Å²) in [5.74, 6) is -0.0560. The van der Waals surface area contributed by atoms with E-state index in [-0.39, 0.29) is 5.91 Å². The van der Waals surface area contributed by atoms with E-state index in [1.54, 1.807) is 17.1 Å². The van der Waals surface area contributed by atoms with E-state index in [9.17, 15) is 4.79 Å². The number of hydrogen-bond acceptors (Lipinski definition) is 2. The maximum Gasteiger partial charge on any atom is 0.251 e. The first kappa shape index (κ1) is 16.1. The summed E-state index contributed by atoms with van der Waals surface area (Å²) in [5, 5.41) is 2.27. The summed E-state index contributed by atoms with van der Waals surface area (Å²) in [6.07, 6.45) is 5.17. The van der Waals surface area contributed by atoms with Gasteiger partial charge < -0.3 is 9.88 Å². The number of rotatable bonds is 4. The fourth-order valence-electron chi connectivity index (χ4n) is 3.18. The highest BCUT2D eigenvalue weighted by molar-refractivity contribution is 6.08. The summed E-state index contributed by atoms with van der Waals surface area (Å²) in [4.78, 5) is 22.1. The third kappa shape index (κ3) is 2.97. The van der Waals surface area contributed by atoms with Crippen LogP contribution in [0.15, 0.2) is 72.9 Å². The molecule has 4 nitrogen and oxygen atoms in total. The third-order valence-corrected chi connectivity index (χ3v) is 4.46. The molecular formula is C22H19N3O. The molecule has 2 aromatic carbocycles. The molecule has 0 fully saturated rings. The first-order chi connectivity index (χ1) is 12.8. The summed E-state index contributed by atoms with van der Waals surface area (Å²) in [6, 6.07) is 19.9. The van der Waals surface area contributed by atoms with Crippen molar-refractivity contribution in [2.24, 2.45) is 0 Å². The van der Waals surface area contributed by atoms with E-state index in [0.29, 0.717) is 6.54 Å². The number of amides is 1. The lowest BCUT2D eigenvalue weighted by Crippen LogP contribution is -2.28.